The van der Waals surface area contributed by atoms with Crippen molar-refractivity contribution < 1.29 is 0 Å². The number of nitrogens with zero attached hydrogens (tertiary/aromatic N) is 4. The molecule has 2 heterocycles. The van der Waals surface area contributed by atoms with Crippen molar-refractivity contribution in [3.8, 4) is 62.5 Å². The summed E-state index contributed by atoms with van der Waals surface area (Å²) >= 11 is 1.77. The topological polar surface area (TPSA) is 62.5 Å². The molecule has 0 radical (unpaired) electrons. The van der Waals surface area contributed by atoms with Gasteiger partial charge in [0.2, 0.25) is 0 Å². The summed E-state index contributed by atoms with van der Waals surface area (Å²) < 4.78 is 0. The molecule has 8 aromatic rings. The number of hydrogen-bond acceptors (Lipinski definition) is 5. The molecule has 0 saturated heterocycles. The lowest BCUT2D eigenvalue weighted by atomic mass is 9.66. The van der Waals surface area contributed by atoms with Crippen molar-refractivity contribution in [3.63, 3.8) is 0 Å². The molecule has 7 aromatic carbocycles. The van der Waals surface area contributed by atoms with Gasteiger partial charge in [-0.3, -0.25) is 0 Å². The molecule has 10 rings (SSSR count). The molecule has 0 amide bonds. The Balaban J connectivity index is 1.22. The second-order valence-corrected chi connectivity index (χ2v) is 14.1. The Morgan fingerprint density at radius 2 is 0.885 bits per heavy atom. The number of benzene rings is 7. The summed E-state index contributed by atoms with van der Waals surface area (Å²) in [6, 6.07) is 61.5. The van der Waals surface area contributed by atoms with Crippen LogP contribution >= 0.6 is 11.8 Å². The van der Waals surface area contributed by atoms with Crippen LogP contribution in [0.4, 0.5) is 0 Å². The number of aromatic nitrogens is 3. The molecular weight excluding hydrogens is 653 g/mol. The van der Waals surface area contributed by atoms with E-state index in [0.29, 0.717) is 23.0 Å². The highest BCUT2D eigenvalue weighted by Gasteiger charge is 2.50. The molecule has 0 atom stereocenters. The van der Waals surface area contributed by atoms with E-state index in [4.69, 9.17) is 15.0 Å². The van der Waals surface area contributed by atoms with Gasteiger partial charge in [-0.2, -0.15) is 5.26 Å². The maximum absolute atomic E-state index is 10.1. The molecule has 2 aliphatic rings. The molecule has 0 bridgehead atoms. The largest absolute Gasteiger partial charge is 0.208 e. The van der Waals surface area contributed by atoms with Crippen LogP contribution in [-0.4, -0.2) is 15.0 Å². The van der Waals surface area contributed by atoms with Gasteiger partial charge in [0.25, 0.3) is 0 Å². The molecule has 5 heteroatoms. The number of fused-ring (bicyclic) bond motifs is 9. The van der Waals surface area contributed by atoms with Gasteiger partial charge in [-0.1, -0.05) is 151 Å². The smallest absolute Gasteiger partial charge is 0.164 e. The fraction of sp³-hybridized carbons (Fsp3) is 0.0213. The van der Waals surface area contributed by atoms with E-state index >= 15 is 0 Å². The molecule has 0 fully saturated rings. The number of hydrogen-bond donors (Lipinski definition) is 0. The lowest BCUT2D eigenvalue weighted by Crippen LogP contribution is -2.32. The van der Waals surface area contributed by atoms with Crippen LogP contribution in [0, 0.1) is 11.3 Å². The Hall–Kier alpha value is -6.61. The first-order chi connectivity index (χ1) is 25.7. The zero-order chi connectivity index (χ0) is 34.6. The summed E-state index contributed by atoms with van der Waals surface area (Å²) in [5.41, 5.74) is 12.2. The van der Waals surface area contributed by atoms with Crippen molar-refractivity contribution in [2.75, 3.05) is 0 Å². The second kappa shape index (κ2) is 12.0. The van der Waals surface area contributed by atoms with Crippen molar-refractivity contribution in [2.45, 2.75) is 15.2 Å². The van der Waals surface area contributed by atoms with Crippen LogP contribution in [0.25, 0.3) is 56.4 Å². The average Bonchev–Trinajstić information content (AvgIpc) is 3.52. The first-order valence-corrected chi connectivity index (χ1v) is 18.1. The molecule has 242 valence electrons. The van der Waals surface area contributed by atoms with Gasteiger partial charge in [-0.05, 0) is 74.8 Å². The van der Waals surface area contributed by atoms with Crippen LogP contribution in [0.3, 0.4) is 0 Å². The molecule has 0 unspecified atom stereocenters. The lowest BCUT2D eigenvalue weighted by Gasteiger charge is -2.40. The van der Waals surface area contributed by atoms with Gasteiger partial charge in [-0.25, -0.2) is 15.0 Å². The molecule has 0 N–H and O–H groups in total. The minimum atomic E-state index is -0.602. The van der Waals surface area contributed by atoms with E-state index in [1.54, 1.807) is 11.8 Å². The highest BCUT2D eigenvalue weighted by Crippen LogP contribution is 2.62. The molecule has 1 aliphatic heterocycles. The van der Waals surface area contributed by atoms with Gasteiger partial charge in [-0.15, -0.1) is 0 Å². The van der Waals surface area contributed by atoms with Gasteiger partial charge in [0, 0.05) is 26.5 Å². The van der Waals surface area contributed by atoms with E-state index in [1.807, 2.05) is 72.8 Å². The maximum atomic E-state index is 10.1. The van der Waals surface area contributed by atoms with Crippen LogP contribution in [0.2, 0.25) is 0 Å². The van der Waals surface area contributed by atoms with E-state index in [1.165, 1.54) is 37.6 Å². The van der Waals surface area contributed by atoms with Gasteiger partial charge in [0.05, 0.1) is 17.0 Å². The molecule has 0 saturated carbocycles. The highest BCUT2D eigenvalue weighted by atomic mass is 32.2. The minimum absolute atomic E-state index is 0.602. The molecule has 52 heavy (non-hydrogen) atoms. The standard InChI is InChI=1S/C47H28N4S/c48-29-30-23-25-42-40(27-30)47(38-21-11-9-18-35(38)36-19-10-12-22-39(36)47)41-28-33(24-26-43(41)52-42)34-17-7-8-20-37(34)46-50-44(31-13-3-1-4-14-31)49-45(51-46)32-15-5-2-6-16-32/h1-28H. The van der Waals surface area contributed by atoms with E-state index in [9.17, 15) is 5.26 Å². The van der Waals surface area contributed by atoms with Crippen molar-refractivity contribution in [1.29, 1.82) is 5.26 Å². The first-order valence-electron chi connectivity index (χ1n) is 17.3. The summed E-state index contributed by atoms with van der Waals surface area (Å²) in [7, 11) is 0. The summed E-state index contributed by atoms with van der Waals surface area (Å²) in [5.74, 6) is 1.87. The molecule has 1 aromatic heterocycles. The highest BCUT2D eigenvalue weighted by molar-refractivity contribution is 7.99. The van der Waals surface area contributed by atoms with Crippen molar-refractivity contribution in [2.24, 2.45) is 0 Å². The van der Waals surface area contributed by atoms with E-state index < -0.39 is 5.41 Å². The van der Waals surface area contributed by atoms with Gasteiger partial charge in [0.1, 0.15) is 0 Å². The maximum Gasteiger partial charge on any atom is 0.164 e. The molecule has 1 spiro atoms. The number of nitriles is 1. The Kier molecular flexibility index (Phi) is 6.99. The van der Waals surface area contributed by atoms with Crippen LogP contribution in [-0.2, 0) is 5.41 Å². The normalized spacial score (nSPS) is 13.1. The summed E-state index contributed by atoms with van der Waals surface area (Å²) in [6.45, 7) is 0. The lowest BCUT2D eigenvalue weighted by molar-refractivity contribution is 0.722. The van der Waals surface area contributed by atoms with Gasteiger partial charge < -0.3 is 0 Å². The predicted molar refractivity (Wildman–Crippen MR) is 208 cm³/mol. The van der Waals surface area contributed by atoms with E-state index in [-0.39, 0.29) is 0 Å². The molecule has 1 aliphatic carbocycles. The Morgan fingerprint density at radius 1 is 0.404 bits per heavy atom. The van der Waals surface area contributed by atoms with Gasteiger partial charge in [0.15, 0.2) is 17.5 Å². The Bertz CT molecular complexity index is 2630. The third-order valence-corrected chi connectivity index (χ3v) is 11.4. The fourth-order valence-corrected chi connectivity index (χ4v) is 9.15. The first kappa shape index (κ1) is 30.2. The summed E-state index contributed by atoms with van der Waals surface area (Å²) in [6.07, 6.45) is 0. The van der Waals surface area contributed by atoms with Gasteiger partial charge >= 0.3 is 0 Å². The second-order valence-electron chi connectivity index (χ2n) is 13.1. The minimum Gasteiger partial charge on any atom is -0.208 e. The van der Waals surface area contributed by atoms with Crippen molar-refractivity contribution >= 4 is 11.8 Å². The Labute approximate surface area is 306 Å². The van der Waals surface area contributed by atoms with Crippen molar-refractivity contribution in [1.82, 2.24) is 15.0 Å². The van der Waals surface area contributed by atoms with Crippen LogP contribution in [0.1, 0.15) is 27.8 Å². The van der Waals surface area contributed by atoms with Crippen LogP contribution < -0.4 is 0 Å². The zero-order valence-electron chi connectivity index (χ0n) is 27.9. The quantitative estimate of drug-likeness (QED) is 0.185. The molecular formula is C47H28N4S. The SMILES string of the molecule is N#Cc1ccc2c(c1)C1(c3cc(-c4ccccc4-c4nc(-c5ccccc5)nc(-c5ccccc5)n4)ccc3S2)c2ccccc2-c2ccccc21. The van der Waals surface area contributed by atoms with E-state index in [0.717, 1.165) is 33.4 Å². The van der Waals surface area contributed by atoms with Crippen LogP contribution in [0.5, 0.6) is 0 Å². The van der Waals surface area contributed by atoms with Crippen molar-refractivity contribution in [3.05, 3.63) is 198 Å². The van der Waals surface area contributed by atoms with E-state index in [2.05, 4.69) is 103 Å². The number of rotatable bonds is 4. The van der Waals surface area contributed by atoms with Crippen LogP contribution in [0.15, 0.2) is 180 Å². The fourth-order valence-electron chi connectivity index (χ4n) is 8.00. The monoisotopic (exact) mass is 680 g/mol. The third kappa shape index (κ3) is 4.59. The average molecular weight is 681 g/mol. The molecule has 4 nitrogen and oxygen atoms in total. The summed E-state index contributed by atoms with van der Waals surface area (Å²) in [5, 5.41) is 10.1. The summed E-state index contributed by atoms with van der Waals surface area (Å²) in [4.78, 5) is 17.5. The Morgan fingerprint density at radius 3 is 1.48 bits per heavy atom. The predicted octanol–water partition coefficient (Wildman–Crippen LogP) is 11.2. The zero-order valence-corrected chi connectivity index (χ0v) is 28.7. The third-order valence-electron chi connectivity index (χ3n) is 10.2.